The molecule has 0 bridgehead atoms. The third-order valence-electron chi connectivity index (χ3n) is 6.34. The van der Waals surface area contributed by atoms with Crippen LogP contribution in [0.2, 0.25) is 0 Å². The van der Waals surface area contributed by atoms with E-state index in [1.54, 1.807) is 11.0 Å². The highest BCUT2D eigenvalue weighted by Crippen LogP contribution is 2.39. The van der Waals surface area contributed by atoms with Crippen molar-refractivity contribution in [2.24, 2.45) is 0 Å². The van der Waals surface area contributed by atoms with E-state index in [1.165, 1.54) is 0 Å². The molecule has 1 saturated heterocycles. The molecule has 1 N–H and O–H groups in total. The predicted octanol–water partition coefficient (Wildman–Crippen LogP) is 2.71. The number of piperidine rings is 1. The Bertz CT molecular complexity index is 1260. The van der Waals surface area contributed by atoms with Crippen LogP contribution in [0.25, 0.3) is 22.8 Å². The smallest absolute Gasteiger partial charge is 0.255 e. The number of hydrogen-bond donors (Lipinski definition) is 1. The maximum atomic E-state index is 12.9. The average Bonchev–Trinajstić information content (AvgIpc) is 3.47. The molecule has 1 unspecified atom stereocenters. The van der Waals surface area contributed by atoms with Crippen LogP contribution in [0.15, 0.2) is 48.5 Å². The molecular formula is C24H21N5O3. The number of hydrogen-bond acceptors (Lipinski definition) is 5. The second kappa shape index (κ2) is 7.12. The monoisotopic (exact) mass is 427 g/mol. The zero-order valence-corrected chi connectivity index (χ0v) is 17.3. The number of rotatable bonds is 4. The second-order valence-electron chi connectivity index (χ2n) is 8.57. The molecule has 32 heavy (non-hydrogen) atoms. The normalized spacial score (nSPS) is 20.4. The first-order chi connectivity index (χ1) is 15.6. The Kier molecular flexibility index (Phi) is 4.21. The van der Waals surface area contributed by atoms with Crippen molar-refractivity contribution in [3.63, 3.8) is 0 Å². The highest BCUT2D eigenvalue weighted by atomic mass is 16.2. The molecule has 8 nitrogen and oxygen atoms in total. The van der Waals surface area contributed by atoms with Crippen LogP contribution in [0.1, 0.15) is 47.6 Å². The lowest BCUT2D eigenvalue weighted by Gasteiger charge is -2.29. The minimum atomic E-state index is -0.618. The lowest BCUT2D eigenvalue weighted by atomic mass is 10.0. The lowest BCUT2D eigenvalue weighted by Crippen LogP contribution is -2.52. The maximum Gasteiger partial charge on any atom is 0.255 e. The minimum Gasteiger partial charge on any atom is -0.322 e. The molecule has 3 amide bonds. The number of nitrogens with zero attached hydrogens (tertiary/aromatic N) is 4. The van der Waals surface area contributed by atoms with E-state index in [0.29, 0.717) is 30.4 Å². The van der Waals surface area contributed by atoms with Gasteiger partial charge >= 0.3 is 0 Å². The minimum absolute atomic E-state index is 0.178. The summed E-state index contributed by atoms with van der Waals surface area (Å²) in [5.41, 5.74) is 3.31. The van der Waals surface area contributed by atoms with Gasteiger partial charge in [-0.1, -0.05) is 36.4 Å². The highest BCUT2D eigenvalue weighted by Gasteiger charge is 2.39. The van der Waals surface area contributed by atoms with Crippen LogP contribution < -0.4 is 5.32 Å². The molecular weight excluding hydrogens is 406 g/mol. The molecule has 0 spiro atoms. The van der Waals surface area contributed by atoms with E-state index in [1.807, 2.05) is 47.1 Å². The largest absolute Gasteiger partial charge is 0.322 e. The molecule has 160 valence electrons. The molecule has 2 fully saturated rings. The first-order valence-corrected chi connectivity index (χ1v) is 10.9. The van der Waals surface area contributed by atoms with Gasteiger partial charge in [0.2, 0.25) is 11.8 Å². The van der Waals surface area contributed by atoms with Crippen LogP contribution in [-0.2, 0) is 16.1 Å². The lowest BCUT2D eigenvalue weighted by molar-refractivity contribution is -0.136. The van der Waals surface area contributed by atoms with Crippen molar-refractivity contribution in [2.75, 3.05) is 0 Å². The van der Waals surface area contributed by atoms with Gasteiger partial charge in [-0.2, -0.15) is 5.10 Å². The number of nitrogens with one attached hydrogen (secondary N) is 1. The fourth-order valence-electron chi connectivity index (χ4n) is 4.52. The van der Waals surface area contributed by atoms with Gasteiger partial charge in [-0.15, -0.1) is 0 Å². The van der Waals surface area contributed by atoms with E-state index in [4.69, 9.17) is 10.1 Å². The fourth-order valence-corrected chi connectivity index (χ4v) is 4.52. The Morgan fingerprint density at radius 2 is 1.75 bits per heavy atom. The molecule has 3 heterocycles. The Morgan fingerprint density at radius 1 is 0.938 bits per heavy atom. The van der Waals surface area contributed by atoms with Crippen molar-refractivity contribution < 1.29 is 14.4 Å². The van der Waals surface area contributed by atoms with Gasteiger partial charge in [0.1, 0.15) is 6.04 Å². The highest BCUT2D eigenvalue weighted by molar-refractivity contribution is 6.05. The number of carbonyl (C=O) groups excluding carboxylic acids is 3. The molecule has 1 saturated carbocycles. The SMILES string of the molecule is O=C1CCC(N2Cc3cc(-c4nc(-c5ccccc5)n(C5CC5)n4)ccc3C2=O)C(=O)N1. The van der Waals surface area contributed by atoms with Crippen molar-refractivity contribution in [3.8, 4) is 22.8 Å². The molecule has 1 atom stereocenters. The molecule has 1 aliphatic carbocycles. The quantitative estimate of drug-likeness (QED) is 0.646. The zero-order chi connectivity index (χ0) is 21.8. The number of amides is 3. The van der Waals surface area contributed by atoms with Gasteiger partial charge in [-0.3, -0.25) is 19.7 Å². The van der Waals surface area contributed by atoms with Gasteiger partial charge < -0.3 is 4.90 Å². The van der Waals surface area contributed by atoms with Crippen molar-refractivity contribution in [3.05, 3.63) is 59.7 Å². The summed E-state index contributed by atoms with van der Waals surface area (Å²) in [5, 5.41) is 7.14. The molecule has 1 aromatic heterocycles. The molecule has 2 aliphatic heterocycles. The Balaban J connectivity index is 1.32. The third kappa shape index (κ3) is 3.10. The summed E-state index contributed by atoms with van der Waals surface area (Å²) in [6, 6.07) is 15.4. The van der Waals surface area contributed by atoms with E-state index in [0.717, 1.165) is 35.4 Å². The van der Waals surface area contributed by atoms with Crippen LogP contribution >= 0.6 is 0 Å². The molecule has 8 heteroatoms. The summed E-state index contributed by atoms with van der Waals surface area (Å²) < 4.78 is 2.01. The average molecular weight is 427 g/mol. The van der Waals surface area contributed by atoms with E-state index >= 15 is 0 Å². The third-order valence-corrected chi connectivity index (χ3v) is 6.34. The summed E-state index contributed by atoms with van der Waals surface area (Å²) in [6.07, 6.45) is 2.79. The number of aromatic nitrogens is 3. The van der Waals surface area contributed by atoms with Crippen LogP contribution in [0.5, 0.6) is 0 Å². The number of imide groups is 1. The standard InChI is InChI=1S/C24H21N5O3/c30-20-11-10-19(23(31)25-20)28-13-16-12-15(6-9-18(16)24(28)32)21-26-22(14-4-2-1-3-5-14)29(27-21)17-7-8-17/h1-6,9,12,17,19H,7-8,10-11,13H2,(H,25,30,31). The van der Waals surface area contributed by atoms with Crippen molar-refractivity contribution in [1.82, 2.24) is 25.0 Å². The Morgan fingerprint density at radius 3 is 2.50 bits per heavy atom. The summed E-state index contributed by atoms with van der Waals surface area (Å²) in [5.74, 6) is 0.613. The first kappa shape index (κ1) is 18.9. The number of fused-ring (bicyclic) bond motifs is 1. The summed E-state index contributed by atoms with van der Waals surface area (Å²) in [6.45, 7) is 0.336. The molecule has 3 aromatic rings. The summed E-state index contributed by atoms with van der Waals surface area (Å²) in [7, 11) is 0. The summed E-state index contributed by atoms with van der Waals surface area (Å²) >= 11 is 0. The van der Waals surface area contributed by atoms with E-state index in [2.05, 4.69) is 5.32 Å². The van der Waals surface area contributed by atoms with Crippen LogP contribution in [-0.4, -0.2) is 43.4 Å². The zero-order valence-electron chi connectivity index (χ0n) is 17.3. The van der Waals surface area contributed by atoms with Crippen LogP contribution in [0.4, 0.5) is 0 Å². The van der Waals surface area contributed by atoms with Gasteiger partial charge in [0.25, 0.3) is 5.91 Å². The number of carbonyl (C=O) groups is 3. The summed E-state index contributed by atoms with van der Waals surface area (Å²) in [4.78, 5) is 43.1. The van der Waals surface area contributed by atoms with Gasteiger partial charge in [-0.25, -0.2) is 9.67 Å². The van der Waals surface area contributed by atoms with E-state index in [9.17, 15) is 14.4 Å². The topological polar surface area (TPSA) is 97.2 Å². The van der Waals surface area contributed by atoms with Crippen molar-refractivity contribution in [1.29, 1.82) is 0 Å². The van der Waals surface area contributed by atoms with Gasteiger partial charge in [0, 0.05) is 29.7 Å². The van der Waals surface area contributed by atoms with Gasteiger partial charge in [-0.05, 0) is 37.0 Å². The Labute approximate surface area is 184 Å². The van der Waals surface area contributed by atoms with Crippen molar-refractivity contribution in [2.45, 2.75) is 44.3 Å². The van der Waals surface area contributed by atoms with E-state index in [-0.39, 0.29) is 18.2 Å². The first-order valence-electron chi connectivity index (χ1n) is 10.9. The Hall–Kier alpha value is -3.81. The number of benzene rings is 2. The van der Waals surface area contributed by atoms with Gasteiger partial charge in [0.15, 0.2) is 11.6 Å². The van der Waals surface area contributed by atoms with Gasteiger partial charge in [0.05, 0.1) is 6.04 Å². The molecule has 0 radical (unpaired) electrons. The maximum absolute atomic E-state index is 12.9. The predicted molar refractivity (Wildman–Crippen MR) is 115 cm³/mol. The van der Waals surface area contributed by atoms with E-state index < -0.39 is 11.9 Å². The second-order valence-corrected chi connectivity index (χ2v) is 8.57. The van der Waals surface area contributed by atoms with Crippen LogP contribution in [0, 0.1) is 0 Å². The molecule has 2 aromatic carbocycles. The molecule has 3 aliphatic rings. The van der Waals surface area contributed by atoms with Crippen LogP contribution in [0.3, 0.4) is 0 Å². The molecule has 6 rings (SSSR count). The van der Waals surface area contributed by atoms with Crippen molar-refractivity contribution >= 4 is 17.7 Å². The fraction of sp³-hybridized carbons (Fsp3) is 0.292.